The van der Waals surface area contributed by atoms with Crippen LogP contribution in [0.25, 0.3) is 0 Å². The van der Waals surface area contributed by atoms with Gasteiger partial charge in [-0.25, -0.2) is 0 Å². The summed E-state index contributed by atoms with van der Waals surface area (Å²) in [7, 11) is 1.35. The van der Waals surface area contributed by atoms with Crippen molar-refractivity contribution in [2.24, 2.45) is 5.92 Å². The molecular formula is C13H16N2O3. The maximum atomic E-state index is 11.9. The Hall–Kier alpha value is -1.91. The first-order chi connectivity index (χ1) is 8.63. The van der Waals surface area contributed by atoms with Gasteiger partial charge >= 0.3 is 5.97 Å². The minimum absolute atomic E-state index is 0.00490. The molecule has 1 aromatic heterocycles. The third-order valence-corrected chi connectivity index (χ3v) is 3.35. The van der Waals surface area contributed by atoms with Gasteiger partial charge in [0, 0.05) is 25.4 Å². The lowest BCUT2D eigenvalue weighted by molar-refractivity contribution is -0.145. The molecule has 0 N–H and O–H groups in total. The molecule has 18 heavy (non-hydrogen) atoms. The fraction of sp³-hybridized carbons (Fsp3) is 0.462. The van der Waals surface area contributed by atoms with Gasteiger partial charge in [-0.15, -0.1) is 0 Å². The number of hydrogen-bond donors (Lipinski definition) is 0. The fourth-order valence-electron chi connectivity index (χ4n) is 2.25. The molecule has 2 unspecified atom stereocenters. The number of carbonyl (C=O) groups excluding carboxylic acids is 2. The van der Waals surface area contributed by atoms with E-state index < -0.39 is 0 Å². The molecule has 1 saturated heterocycles. The Bertz CT molecular complexity index is 447. The molecular weight excluding hydrogens is 232 g/mol. The van der Waals surface area contributed by atoms with Crippen molar-refractivity contribution >= 4 is 11.9 Å². The monoisotopic (exact) mass is 248 g/mol. The van der Waals surface area contributed by atoms with Crippen LogP contribution in [-0.2, 0) is 14.3 Å². The van der Waals surface area contributed by atoms with Gasteiger partial charge in [-0.1, -0.05) is 0 Å². The third kappa shape index (κ3) is 2.34. The van der Waals surface area contributed by atoms with Gasteiger partial charge in [0.2, 0.25) is 5.91 Å². The Morgan fingerprint density at radius 2 is 2.17 bits per heavy atom. The predicted molar refractivity (Wildman–Crippen MR) is 64.5 cm³/mol. The lowest BCUT2D eigenvalue weighted by atomic mass is 10.1. The van der Waals surface area contributed by atoms with Gasteiger partial charge in [-0.3, -0.25) is 14.6 Å². The van der Waals surface area contributed by atoms with Crippen LogP contribution in [0.3, 0.4) is 0 Å². The molecule has 0 spiro atoms. The highest BCUT2D eigenvalue weighted by atomic mass is 16.5. The first-order valence-electron chi connectivity index (χ1n) is 5.90. The summed E-state index contributed by atoms with van der Waals surface area (Å²) in [5, 5.41) is 0. The molecule has 1 aliphatic heterocycles. The summed E-state index contributed by atoms with van der Waals surface area (Å²) >= 11 is 0. The van der Waals surface area contributed by atoms with Crippen molar-refractivity contribution in [3.8, 4) is 0 Å². The van der Waals surface area contributed by atoms with Crippen LogP contribution in [0.4, 0.5) is 0 Å². The topological polar surface area (TPSA) is 59.5 Å². The summed E-state index contributed by atoms with van der Waals surface area (Å²) in [6, 6.07) is 3.71. The fourth-order valence-corrected chi connectivity index (χ4v) is 2.25. The minimum atomic E-state index is -0.341. The average molecular weight is 248 g/mol. The van der Waals surface area contributed by atoms with Crippen molar-refractivity contribution in [1.82, 2.24) is 9.88 Å². The van der Waals surface area contributed by atoms with E-state index in [1.165, 1.54) is 7.11 Å². The van der Waals surface area contributed by atoms with Crippen molar-refractivity contribution in [3.63, 3.8) is 0 Å². The van der Waals surface area contributed by atoms with Gasteiger partial charge in [0.15, 0.2) is 0 Å². The quantitative estimate of drug-likeness (QED) is 0.753. The zero-order valence-electron chi connectivity index (χ0n) is 10.5. The lowest BCUT2D eigenvalue weighted by Gasteiger charge is -2.24. The summed E-state index contributed by atoms with van der Waals surface area (Å²) < 4.78 is 4.69. The maximum absolute atomic E-state index is 11.9. The molecule has 2 heterocycles. The van der Waals surface area contributed by atoms with Crippen LogP contribution in [0.5, 0.6) is 0 Å². The summed E-state index contributed by atoms with van der Waals surface area (Å²) in [6.45, 7) is 2.38. The molecule has 96 valence electrons. The number of methoxy groups -OCH3 is 1. The van der Waals surface area contributed by atoms with Crippen molar-refractivity contribution < 1.29 is 14.3 Å². The number of aromatic nitrogens is 1. The number of amides is 1. The molecule has 2 atom stereocenters. The normalized spacial score (nSPS) is 20.9. The molecule has 0 bridgehead atoms. The molecule has 0 aromatic carbocycles. The zero-order valence-corrected chi connectivity index (χ0v) is 10.5. The molecule has 1 aromatic rings. The smallest absolute Gasteiger partial charge is 0.310 e. The van der Waals surface area contributed by atoms with E-state index >= 15 is 0 Å². The number of rotatable bonds is 3. The lowest BCUT2D eigenvalue weighted by Crippen LogP contribution is -2.29. The van der Waals surface area contributed by atoms with Crippen LogP contribution in [0.1, 0.15) is 24.9 Å². The van der Waals surface area contributed by atoms with Crippen LogP contribution < -0.4 is 0 Å². The third-order valence-electron chi connectivity index (χ3n) is 3.35. The Labute approximate surface area is 106 Å². The number of likely N-dealkylation sites (tertiary alicyclic amines) is 1. The molecule has 0 radical (unpaired) electrons. The van der Waals surface area contributed by atoms with Crippen molar-refractivity contribution in [1.29, 1.82) is 0 Å². The van der Waals surface area contributed by atoms with Gasteiger partial charge in [0.1, 0.15) is 0 Å². The number of hydrogen-bond acceptors (Lipinski definition) is 4. The number of esters is 1. The highest BCUT2D eigenvalue weighted by Crippen LogP contribution is 2.28. The Morgan fingerprint density at radius 3 is 2.78 bits per heavy atom. The second kappa shape index (κ2) is 5.16. The van der Waals surface area contributed by atoms with E-state index in [2.05, 4.69) is 9.72 Å². The molecule has 1 fully saturated rings. The second-order valence-electron chi connectivity index (χ2n) is 4.43. The van der Waals surface area contributed by atoms with E-state index in [1.54, 1.807) is 17.3 Å². The van der Waals surface area contributed by atoms with Crippen molar-refractivity contribution in [2.45, 2.75) is 19.4 Å². The Kier molecular flexibility index (Phi) is 3.60. The van der Waals surface area contributed by atoms with Crippen LogP contribution in [0.15, 0.2) is 24.5 Å². The van der Waals surface area contributed by atoms with E-state index in [0.29, 0.717) is 6.54 Å². The standard InChI is InChI=1S/C13H16N2O3/c1-9(10-3-5-14-6-4-10)15-8-11(7-12(15)16)13(17)18-2/h3-6,9,11H,7-8H2,1-2H3. The van der Waals surface area contributed by atoms with E-state index in [0.717, 1.165) is 5.56 Å². The van der Waals surface area contributed by atoms with Crippen LogP contribution in [-0.4, -0.2) is 35.4 Å². The average Bonchev–Trinajstić information content (AvgIpc) is 2.80. The van der Waals surface area contributed by atoms with Gasteiger partial charge < -0.3 is 9.64 Å². The predicted octanol–water partition coefficient (Wildman–Crippen LogP) is 1.16. The molecule has 5 nitrogen and oxygen atoms in total. The van der Waals surface area contributed by atoms with Gasteiger partial charge in [-0.2, -0.15) is 0 Å². The first-order valence-corrected chi connectivity index (χ1v) is 5.90. The summed E-state index contributed by atoms with van der Waals surface area (Å²) in [4.78, 5) is 29.0. The van der Waals surface area contributed by atoms with E-state index in [4.69, 9.17) is 0 Å². The minimum Gasteiger partial charge on any atom is -0.469 e. The van der Waals surface area contributed by atoms with Crippen LogP contribution in [0, 0.1) is 5.92 Å². The Balaban J connectivity index is 2.10. The highest BCUT2D eigenvalue weighted by molar-refractivity contribution is 5.87. The van der Waals surface area contributed by atoms with Crippen LogP contribution in [0.2, 0.25) is 0 Å². The summed E-state index contributed by atoms with van der Waals surface area (Å²) in [6.07, 6.45) is 3.64. The summed E-state index contributed by atoms with van der Waals surface area (Å²) in [5.41, 5.74) is 1.02. The molecule has 1 amide bonds. The number of nitrogens with zero attached hydrogens (tertiary/aromatic N) is 2. The second-order valence-corrected chi connectivity index (χ2v) is 4.43. The molecule has 2 rings (SSSR count). The van der Waals surface area contributed by atoms with E-state index in [-0.39, 0.29) is 30.3 Å². The number of carbonyl (C=O) groups is 2. The molecule has 5 heteroatoms. The van der Waals surface area contributed by atoms with E-state index in [1.807, 2.05) is 19.1 Å². The summed E-state index contributed by atoms with van der Waals surface area (Å²) in [5.74, 6) is -0.658. The van der Waals surface area contributed by atoms with Crippen molar-refractivity contribution in [2.75, 3.05) is 13.7 Å². The Morgan fingerprint density at radius 1 is 1.50 bits per heavy atom. The SMILES string of the molecule is COC(=O)C1CC(=O)N(C(C)c2ccncc2)C1. The van der Waals surface area contributed by atoms with Gasteiger partial charge in [0.05, 0.1) is 19.1 Å². The number of ether oxygens (including phenoxy) is 1. The maximum Gasteiger partial charge on any atom is 0.310 e. The highest BCUT2D eigenvalue weighted by Gasteiger charge is 2.37. The first kappa shape index (κ1) is 12.5. The molecule has 0 saturated carbocycles. The molecule has 0 aliphatic carbocycles. The van der Waals surface area contributed by atoms with Gasteiger partial charge in [-0.05, 0) is 24.6 Å². The van der Waals surface area contributed by atoms with E-state index in [9.17, 15) is 9.59 Å². The van der Waals surface area contributed by atoms with Crippen LogP contribution >= 0.6 is 0 Å². The largest absolute Gasteiger partial charge is 0.469 e. The van der Waals surface area contributed by atoms with Crippen molar-refractivity contribution in [3.05, 3.63) is 30.1 Å². The molecule has 1 aliphatic rings. The zero-order chi connectivity index (χ0) is 13.1. The van der Waals surface area contributed by atoms with Gasteiger partial charge in [0.25, 0.3) is 0 Å². The number of pyridine rings is 1.